The van der Waals surface area contributed by atoms with E-state index in [4.69, 9.17) is 4.42 Å². The molecule has 1 N–H and O–H groups in total. The van der Waals surface area contributed by atoms with Gasteiger partial charge in [-0.25, -0.2) is 0 Å². The van der Waals surface area contributed by atoms with Crippen LogP contribution >= 0.6 is 11.3 Å². The molecular weight excluding hydrogens is 278 g/mol. The van der Waals surface area contributed by atoms with Crippen LogP contribution in [0.3, 0.4) is 0 Å². The van der Waals surface area contributed by atoms with Gasteiger partial charge in [-0.3, -0.25) is 0 Å². The van der Waals surface area contributed by atoms with Gasteiger partial charge in [-0.05, 0) is 49.9 Å². The monoisotopic (exact) mass is 299 g/mol. The summed E-state index contributed by atoms with van der Waals surface area (Å²) in [6, 6.07) is 13.4. The van der Waals surface area contributed by atoms with E-state index in [0.717, 1.165) is 12.2 Å². The summed E-state index contributed by atoms with van der Waals surface area (Å²) in [4.78, 5) is 1.43. The van der Waals surface area contributed by atoms with E-state index in [1.807, 2.05) is 23.5 Å². The lowest BCUT2D eigenvalue weighted by Crippen LogP contribution is -2.30. The summed E-state index contributed by atoms with van der Waals surface area (Å²) in [5.41, 5.74) is 1.40. The molecule has 0 aliphatic rings. The van der Waals surface area contributed by atoms with Crippen molar-refractivity contribution >= 4 is 21.4 Å². The fourth-order valence-electron chi connectivity index (χ4n) is 2.90. The van der Waals surface area contributed by atoms with E-state index in [9.17, 15) is 0 Å². The zero-order valence-electron chi connectivity index (χ0n) is 12.7. The van der Waals surface area contributed by atoms with Crippen molar-refractivity contribution in [3.63, 3.8) is 0 Å². The van der Waals surface area contributed by atoms with E-state index in [0.29, 0.717) is 12.1 Å². The summed E-state index contributed by atoms with van der Waals surface area (Å²) in [5, 5.41) is 5.07. The van der Waals surface area contributed by atoms with Gasteiger partial charge in [0.15, 0.2) is 0 Å². The molecule has 2 aromatic heterocycles. The van der Waals surface area contributed by atoms with Crippen molar-refractivity contribution in [2.24, 2.45) is 0 Å². The van der Waals surface area contributed by atoms with Crippen LogP contribution in [0.25, 0.3) is 10.1 Å². The highest BCUT2D eigenvalue weighted by atomic mass is 32.1. The van der Waals surface area contributed by atoms with E-state index in [2.05, 4.69) is 50.4 Å². The van der Waals surface area contributed by atoms with Gasteiger partial charge in [0.2, 0.25) is 0 Å². The number of furan rings is 1. The lowest BCUT2D eigenvalue weighted by molar-refractivity contribution is 0.431. The molecule has 0 aliphatic heterocycles. The number of rotatable bonds is 5. The summed E-state index contributed by atoms with van der Waals surface area (Å²) < 4.78 is 6.80. The van der Waals surface area contributed by atoms with Crippen LogP contribution < -0.4 is 5.32 Å². The Morgan fingerprint density at radius 3 is 2.67 bits per heavy atom. The molecule has 0 saturated carbocycles. The second-order valence-electron chi connectivity index (χ2n) is 5.66. The Bertz CT molecular complexity index is 714. The molecule has 0 bridgehead atoms. The summed E-state index contributed by atoms with van der Waals surface area (Å²) in [6.07, 6.45) is 2.66. The maximum Gasteiger partial charge on any atom is 0.105 e. The van der Waals surface area contributed by atoms with Crippen LogP contribution in [0.2, 0.25) is 0 Å². The van der Waals surface area contributed by atoms with Crippen LogP contribution in [0.1, 0.15) is 36.1 Å². The first-order valence-electron chi connectivity index (χ1n) is 7.41. The molecule has 2 nitrogen and oxygen atoms in total. The van der Waals surface area contributed by atoms with Crippen LogP contribution in [-0.4, -0.2) is 6.04 Å². The topological polar surface area (TPSA) is 25.2 Å². The predicted octanol–water partition coefficient (Wildman–Crippen LogP) is 5.08. The molecule has 2 heterocycles. The Morgan fingerprint density at radius 1 is 1.14 bits per heavy atom. The molecule has 3 rings (SSSR count). The Balaban J connectivity index is 1.74. The van der Waals surface area contributed by atoms with Crippen molar-refractivity contribution in [2.75, 3.05) is 0 Å². The van der Waals surface area contributed by atoms with Gasteiger partial charge in [-0.2, -0.15) is 0 Å². The Kier molecular flexibility index (Phi) is 4.13. The largest absolute Gasteiger partial charge is 0.469 e. The molecule has 2 atom stereocenters. The van der Waals surface area contributed by atoms with Crippen molar-refractivity contribution in [1.29, 1.82) is 0 Å². The first kappa shape index (κ1) is 14.4. The number of benzene rings is 1. The van der Waals surface area contributed by atoms with E-state index < -0.39 is 0 Å². The first-order valence-corrected chi connectivity index (χ1v) is 8.23. The quantitative estimate of drug-likeness (QED) is 0.710. The van der Waals surface area contributed by atoms with Crippen molar-refractivity contribution in [3.8, 4) is 0 Å². The number of aryl methyl sites for hydroxylation is 1. The van der Waals surface area contributed by atoms with E-state index >= 15 is 0 Å². The van der Waals surface area contributed by atoms with Gasteiger partial charge in [0.05, 0.1) is 6.26 Å². The van der Waals surface area contributed by atoms with Crippen LogP contribution in [0, 0.1) is 6.92 Å². The highest BCUT2D eigenvalue weighted by Crippen LogP contribution is 2.34. The summed E-state index contributed by atoms with van der Waals surface area (Å²) >= 11 is 1.90. The standard InChI is InChI=1S/C18H21NOS/c1-12(11-15-7-6-10-20-15)19-14(3)18-13(2)16-8-4-5-9-17(16)21-18/h4-10,12,14,19H,11H2,1-3H3. The average molecular weight is 299 g/mol. The first-order chi connectivity index (χ1) is 10.1. The van der Waals surface area contributed by atoms with Crippen LogP contribution in [0.4, 0.5) is 0 Å². The van der Waals surface area contributed by atoms with Crippen LogP contribution in [-0.2, 0) is 6.42 Å². The Morgan fingerprint density at radius 2 is 1.95 bits per heavy atom. The fourth-order valence-corrected chi connectivity index (χ4v) is 4.12. The molecule has 0 radical (unpaired) electrons. The molecule has 0 spiro atoms. The van der Waals surface area contributed by atoms with Gasteiger partial charge in [0.25, 0.3) is 0 Å². The molecule has 3 heteroatoms. The minimum Gasteiger partial charge on any atom is -0.469 e. The van der Waals surface area contributed by atoms with E-state index in [-0.39, 0.29) is 0 Å². The number of thiophene rings is 1. The fraction of sp³-hybridized carbons (Fsp3) is 0.333. The maximum absolute atomic E-state index is 5.43. The zero-order chi connectivity index (χ0) is 14.8. The van der Waals surface area contributed by atoms with Crippen molar-refractivity contribution in [1.82, 2.24) is 5.32 Å². The second-order valence-corrected chi connectivity index (χ2v) is 6.74. The molecule has 2 unspecified atom stereocenters. The Hall–Kier alpha value is -1.58. The number of hydrogen-bond acceptors (Lipinski definition) is 3. The molecule has 0 amide bonds. The molecule has 110 valence electrons. The molecule has 1 aromatic carbocycles. The third-order valence-corrected chi connectivity index (χ3v) is 5.35. The second kappa shape index (κ2) is 6.04. The van der Waals surface area contributed by atoms with Crippen molar-refractivity contribution in [3.05, 3.63) is 58.9 Å². The third-order valence-electron chi connectivity index (χ3n) is 3.90. The normalized spacial score (nSPS) is 14.4. The molecular formula is C18H21NOS. The van der Waals surface area contributed by atoms with Crippen molar-refractivity contribution in [2.45, 2.75) is 39.3 Å². The average Bonchev–Trinajstić information content (AvgIpc) is 3.07. The SMILES string of the molecule is Cc1c(C(C)NC(C)Cc2ccco2)sc2ccccc12. The van der Waals surface area contributed by atoms with Crippen LogP contribution in [0.15, 0.2) is 47.1 Å². The predicted molar refractivity (Wildman–Crippen MR) is 90.0 cm³/mol. The summed E-state index contributed by atoms with van der Waals surface area (Å²) in [6.45, 7) is 6.68. The summed E-state index contributed by atoms with van der Waals surface area (Å²) in [5.74, 6) is 1.04. The number of hydrogen-bond donors (Lipinski definition) is 1. The summed E-state index contributed by atoms with van der Waals surface area (Å²) in [7, 11) is 0. The molecule has 3 aromatic rings. The molecule has 0 aliphatic carbocycles. The third kappa shape index (κ3) is 3.04. The van der Waals surface area contributed by atoms with Gasteiger partial charge >= 0.3 is 0 Å². The molecule has 0 fully saturated rings. The zero-order valence-corrected chi connectivity index (χ0v) is 13.5. The van der Waals surface area contributed by atoms with Crippen LogP contribution in [0.5, 0.6) is 0 Å². The van der Waals surface area contributed by atoms with Gasteiger partial charge < -0.3 is 9.73 Å². The lowest BCUT2D eigenvalue weighted by atomic mass is 10.1. The van der Waals surface area contributed by atoms with Gasteiger partial charge in [-0.1, -0.05) is 18.2 Å². The van der Waals surface area contributed by atoms with E-state index in [1.165, 1.54) is 20.5 Å². The van der Waals surface area contributed by atoms with Gasteiger partial charge in [0.1, 0.15) is 5.76 Å². The highest BCUT2D eigenvalue weighted by Gasteiger charge is 2.16. The Labute approximate surface area is 129 Å². The van der Waals surface area contributed by atoms with Crippen molar-refractivity contribution < 1.29 is 4.42 Å². The number of nitrogens with one attached hydrogen (secondary N) is 1. The lowest BCUT2D eigenvalue weighted by Gasteiger charge is -2.19. The van der Waals surface area contributed by atoms with Gasteiger partial charge in [0, 0.05) is 28.1 Å². The van der Waals surface area contributed by atoms with Gasteiger partial charge in [-0.15, -0.1) is 11.3 Å². The minimum atomic E-state index is 0.354. The maximum atomic E-state index is 5.43. The number of fused-ring (bicyclic) bond motifs is 1. The molecule has 0 saturated heterocycles. The smallest absolute Gasteiger partial charge is 0.105 e. The van der Waals surface area contributed by atoms with E-state index in [1.54, 1.807) is 6.26 Å². The molecule has 21 heavy (non-hydrogen) atoms. The minimum absolute atomic E-state index is 0.354. The highest BCUT2D eigenvalue weighted by molar-refractivity contribution is 7.19.